The Labute approximate surface area is 198 Å². The molecule has 4 rings (SSSR count). The third-order valence-corrected chi connectivity index (χ3v) is 5.20. The summed E-state index contributed by atoms with van der Waals surface area (Å²) in [6.45, 7) is 0.123. The Kier molecular flexibility index (Phi) is 6.42. The molecule has 1 saturated heterocycles. The van der Waals surface area contributed by atoms with E-state index in [-0.39, 0.29) is 28.7 Å². The van der Waals surface area contributed by atoms with E-state index in [1.807, 2.05) is 0 Å². The second-order valence-electron chi connectivity index (χ2n) is 7.19. The Morgan fingerprint density at radius 3 is 2.50 bits per heavy atom. The van der Waals surface area contributed by atoms with E-state index in [4.69, 9.17) is 17.0 Å². The summed E-state index contributed by atoms with van der Waals surface area (Å²) in [7, 11) is 0. The van der Waals surface area contributed by atoms with Crippen molar-refractivity contribution < 1.29 is 23.6 Å². The molecular formula is C24H16FN3O5S. The van der Waals surface area contributed by atoms with Gasteiger partial charge in [-0.1, -0.05) is 36.4 Å². The van der Waals surface area contributed by atoms with Crippen molar-refractivity contribution in [3.05, 3.63) is 105 Å². The van der Waals surface area contributed by atoms with Gasteiger partial charge < -0.3 is 4.74 Å². The van der Waals surface area contributed by atoms with Crippen LogP contribution >= 0.6 is 12.2 Å². The lowest BCUT2D eigenvalue weighted by Gasteiger charge is -2.29. The summed E-state index contributed by atoms with van der Waals surface area (Å²) in [4.78, 5) is 36.7. The number of amides is 2. The van der Waals surface area contributed by atoms with Gasteiger partial charge in [-0.3, -0.25) is 25.0 Å². The van der Waals surface area contributed by atoms with Crippen LogP contribution in [0, 0.1) is 15.9 Å². The topological polar surface area (TPSA) is 102 Å². The summed E-state index contributed by atoms with van der Waals surface area (Å²) in [6.07, 6.45) is 1.37. The zero-order valence-corrected chi connectivity index (χ0v) is 18.3. The number of halogens is 1. The summed E-state index contributed by atoms with van der Waals surface area (Å²) in [6, 6.07) is 18.3. The van der Waals surface area contributed by atoms with E-state index < -0.39 is 22.6 Å². The molecule has 1 aliphatic rings. The molecular weight excluding hydrogens is 461 g/mol. The summed E-state index contributed by atoms with van der Waals surface area (Å²) in [5.74, 6) is -1.60. The van der Waals surface area contributed by atoms with Gasteiger partial charge in [0.05, 0.1) is 10.6 Å². The lowest BCUT2D eigenvalue weighted by molar-refractivity contribution is -0.384. The molecule has 8 nitrogen and oxygen atoms in total. The number of nitro benzene ring substituents is 1. The molecule has 3 aromatic rings. The number of nitrogens with zero attached hydrogens (tertiary/aromatic N) is 2. The zero-order valence-electron chi connectivity index (χ0n) is 17.4. The third kappa shape index (κ3) is 4.81. The van der Waals surface area contributed by atoms with Gasteiger partial charge in [-0.05, 0) is 53.7 Å². The number of rotatable bonds is 6. The average molecular weight is 477 g/mol. The summed E-state index contributed by atoms with van der Waals surface area (Å²) in [5, 5.41) is 13.1. The molecule has 1 heterocycles. The van der Waals surface area contributed by atoms with Crippen molar-refractivity contribution in [1.29, 1.82) is 0 Å². The minimum Gasteiger partial charge on any atom is -0.489 e. The number of nitro groups is 1. The Hall–Kier alpha value is -4.44. The molecule has 1 aliphatic heterocycles. The number of non-ortho nitro benzene ring substituents is 1. The van der Waals surface area contributed by atoms with Crippen LogP contribution in [0.25, 0.3) is 6.08 Å². The van der Waals surface area contributed by atoms with Gasteiger partial charge in [0, 0.05) is 12.1 Å². The molecule has 0 unspecified atom stereocenters. The molecule has 170 valence electrons. The summed E-state index contributed by atoms with van der Waals surface area (Å²) >= 11 is 5.07. The number of benzene rings is 3. The zero-order chi connectivity index (χ0) is 24.2. The monoisotopic (exact) mass is 477 g/mol. The van der Waals surface area contributed by atoms with Crippen LogP contribution in [0.4, 0.5) is 15.8 Å². The second kappa shape index (κ2) is 9.59. The van der Waals surface area contributed by atoms with Gasteiger partial charge in [-0.25, -0.2) is 9.29 Å². The summed E-state index contributed by atoms with van der Waals surface area (Å²) < 4.78 is 19.9. The third-order valence-electron chi connectivity index (χ3n) is 4.91. The number of nitrogens with one attached hydrogen (secondary N) is 1. The van der Waals surface area contributed by atoms with Crippen molar-refractivity contribution in [1.82, 2.24) is 5.32 Å². The minimum atomic E-state index is -0.746. The number of hydrogen-bond acceptors (Lipinski definition) is 6. The Morgan fingerprint density at radius 1 is 1.06 bits per heavy atom. The van der Waals surface area contributed by atoms with Crippen molar-refractivity contribution in [2.24, 2.45) is 0 Å². The molecule has 0 aliphatic carbocycles. The fourth-order valence-electron chi connectivity index (χ4n) is 3.26. The maximum Gasteiger partial charge on any atom is 0.270 e. The first-order valence-electron chi connectivity index (χ1n) is 9.95. The highest BCUT2D eigenvalue weighted by atomic mass is 32.1. The van der Waals surface area contributed by atoms with Crippen molar-refractivity contribution in [3.63, 3.8) is 0 Å². The number of hydrogen-bond donors (Lipinski definition) is 1. The molecule has 1 N–H and O–H groups in total. The first-order valence-corrected chi connectivity index (χ1v) is 10.4. The lowest BCUT2D eigenvalue weighted by atomic mass is 10.1. The second-order valence-corrected chi connectivity index (χ2v) is 7.58. The number of ether oxygens (including phenoxy) is 1. The van der Waals surface area contributed by atoms with Crippen LogP contribution in [0.3, 0.4) is 0 Å². The first kappa shape index (κ1) is 22.7. The molecule has 0 aromatic heterocycles. The fourth-order valence-corrected chi connectivity index (χ4v) is 3.54. The Balaban J connectivity index is 1.51. The quantitative estimate of drug-likeness (QED) is 0.188. The number of anilines is 1. The molecule has 2 amide bonds. The van der Waals surface area contributed by atoms with E-state index in [0.717, 1.165) is 4.90 Å². The highest BCUT2D eigenvalue weighted by Crippen LogP contribution is 2.25. The maximum atomic E-state index is 14.2. The maximum absolute atomic E-state index is 14.2. The largest absolute Gasteiger partial charge is 0.489 e. The standard InChI is InChI=1S/C24H16FN3O5S/c25-20-6-1-2-7-21(20)27-23(30)19(22(29)26-24(27)34)13-15-8-10-18(11-9-15)33-14-16-4-3-5-17(12-16)28(31)32/h1-13H,14H2,(H,26,29,34). The van der Waals surface area contributed by atoms with Gasteiger partial charge in [0.15, 0.2) is 5.11 Å². The van der Waals surface area contributed by atoms with Crippen molar-refractivity contribution >= 4 is 46.6 Å². The average Bonchev–Trinajstić information content (AvgIpc) is 2.82. The van der Waals surface area contributed by atoms with Gasteiger partial charge in [-0.15, -0.1) is 0 Å². The van der Waals surface area contributed by atoms with Crippen molar-refractivity contribution in [3.8, 4) is 5.75 Å². The molecule has 34 heavy (non-hydrogen) atoms. The molecule has 0 radical (unpaired) electrons. The van der Waals surface area contributed by atoms with E-state index in [1.165, 1.54) is 36.4 Å². The van der Waals surface area contributed by atoms with Gasteiger partial charge in [-0.2, -0.15) is 0 Å². The molecule has 0 saturated carbocycles. The number of carbonyl (C=O) groups excluding carboxylic acids is 2. The molecule has 0 atom stereocenters. The molecule has 10 heteroatoms. The van der Waals surface area contributed by atoms with Crippen LogP contribution in [0.1, 0.15) is 11.1 Å². The SMILES string of the molecule is O=C1NC(=S)N(c2ccccc2F)C(=O)C1=Cc1ccc(OCc2cccc([N+](=O)[O-])c2)cc1. The van der Waals surface area contributed by atoms with Crippen LogP contribution in [-0.4, -0.2) is 21.9 Å². The highest BCUT2D eigenvalue weighted by Gasteiger charge is 2.35. The van der Waals surface area contributed by atoms with Crippen LogP contribution in [0.5, 0.6) is 5.75 Å². The van der Waals surface area contributed by atoms with Crippen LogP contribution < -0.4 is 15.0 Å². The van der Waals surface area contributed by atoms with Crippen molar-refractivity contribution in [2.75, 3.05) is 4.90 Å². The van der Waals surface area contributed by atoms with Crippen molar-refractivity contribution in [2.45, 2.75) is 6.61 Å². The molecule has 1 fully saturated rings. The van der Waals surface area contributed by atoms with Gasteiger partial charge in [0.2, 0.25) is 0 Å². The van der Waals surface area contributed by atoms with Gasteiger partial charge in [0.1, 0.15) is 23.7 Å². The molecule has 0 spiro atoms. The Bertz CT molecular complexity index is 1340. The first-order chi connectivity index (χ1) is 16.3. The smallest absolute Gasteiger partial charge is 0.270 e. The number of para-hydroxylation sites is 1. The normalized spacial score (nSPS) is 14.8. The summed E-state index contributed by atoms with van der Waals surface area (Å²) in [5.41, 5.74) is 0.870. The molecule has 0 bridgehead atoms. The van der Waals surface area contributed by atoms with E-state index in [0.29, 0.717) is 16.9 Å². The predicted octanol–water partition coefficient (Wildman–Crippen LogP) is 4.14. The predicted molar refractivity (Wildman–Crippen MR) is 126 cm³/mol. The number of carbonyl (C=O) groups is 2. The lowest BCUT2D eigenvalue weighted by Crippen LogP contribution is -2.54. The van der Waals surface area contributed by atoms with Crippen LogP contribution in [0.15, 0.2) is 78.4 Å². The minimum absolute atomic E-state index is 0.0255. The van der Waals surface area contributed by atoms with E-state index in [9.17, 15) is 24.1 Å². The fraction of sp³-hybridized carbons (Fsp3) is 0.0417. The van der Waals surface area contributed by atoms with E-state index in [2.05, 4.69) is 5.32 Å². The van der Waals surface area contributed by atoms with Gasteiger partial charge in [0.25, 0.3) is 17.5 Å². The number of thiocarbonyl (C=S) groups is 1. The van der Waals surface area contributed by atoms with E-state index >= 15 is 0 Å². The van der Waals surface area contributed by atoms with E-state index in [1.54, 1.807) is 42.5 Å². The van der Waals surface area contributed by atoms with Crippen LogP contribution in [0.2, 0.25) is 0 Å². The van der Waals surface area contributed by atoms with Gasteiger partial charge >= 0.3 is 0 Å². The highest BCUT2D eigenvalue weighted by molar-refractivity contribution is 7.80. The Morgan fingerprint density at radius 2 is 1.79 bits per heavy atom. The molecule has 3 aromatic carbocycles. The van der Waals surface area contributed by atoms with Crippen LogP contribution in [-0.2, 0) is 16.2 Å².